The van der Waals surface area contributed by atoms with Crippen molar-refractivity contribution in [3.8, 4) is 5.75 Å². The molecule has 0 fully saturated rings. The van der Waals surface area contributed by atoms with Crippen LogP contribution in [-0.2, 0) is 11.2 Å². The third kappa shape index (κ3) is 3.52. The third-order valence-electron chi connectivity index (χ3n) is 1.86. The highest BCUT2D eigenvalue weighted by atomic mass is 35.5. The van der Waals surface area contributed by atoms with Gasteiger partial charge in [-0.05, 0) is 6.07 Å². The lowest BCUT2D eigenvalue weighted by Crippen LogP contribution is -2.10. The maximum atomic E-state index is 12.2. The highest BCUT2D eigenvalue weighted by Gasteiger charge is 2.24. The van der Waals surface area contributed by atoms with Crippen LogP contribution in [0.25, 0.3) is 0 Å². The summed E-state index contributed by atoms with van der Waals surface area (Å²) in [5, 5.41) is 19.1. The van der Waals surface area contributed by atoms with Crippen LogP contribution in [0.15, 0.2) is 12.1 Å². The van der Waals surface area contributed by atoms with Crippen molar-refractivity contribution in [3.05, 3.63) is 32.8 Å². The molecule has 18 heavy (non-hydrogen) atoms. The number of aliphatic carboxylic acids is 1. The van der Waals surface area contributed by atoms with Crippen LogP contribution in [0.2, 0.25) is 5.02 Å². The van der Waals surface area contributed by atoms with Crippen molar-refractivity contribution in [3.63, 3.8) is 0 Å². The molecule has 0 aromatic heterocycles. The smallest absolute Gasteiger partial charge is 0.387 e. The predicted molar refractivity (Wildman–Crippen MR) is 56.1 cm³/mol. The lowest BCUT2D eigenvalue weighted by atomic mass is 10.1. The fraction of sp³-hybridized carbons (Fsp3) is 0.222. The Morgan fingerprint density at radius 2 is 2.17 bits per heavy atom. The largest absolute Gasteiger partial charge is 0.481 e. The summed E-state index contributed by atoms with van der Waals surface area (Å²) in [6, 6.07) is 1.84. The summed E-state index contributed by atoms with van der Waals surface area (Å²) in [7, 11) is 0. The molecule has 1 N–H and O–H groups in total. The van der Waals surface area contributed by atoms with E-state index in [4.69, 9.17) is 16.7 Å². The van der Waals surface area contributed by atoms with Gasteiger partial charge in [-0.1, -0.05) is 11.6 Å². The minimum Gasteiger partial charge on any atom is -0.481 e. The van der Waals surface area contributed by atoms with E-state index in [1.807, 2.05) is 0 Å². The summed E-state index contributed by atoms with van der Waals surface area (Å²) < 4.78 is 28.3. The molecule has 0 aliphatic rings. The number of nitrogens with zero attached hydrogens (tertiary/aromatic N) is 1. The molecule has 0 aliphatic carbocycles. The minimum absolute atomic E-state index is 0.139. The zero-order chi connectivity index (χ0) is 13.9. The fourth-order valence-electron chi connectivity index (χ4n) is 1.29. The van der Waals surface area contributed by atoms with Gasteiger partial charge in [0, 0.05) is 16.7 Å². The first-order chi connectivity index (χ1) is 8.31. The molecule has 98 valence electrons. The van der Waals surface area contributed by atoms with Crippen molar-refractivity contribution in [1.82, 2.24) is 0 Å². The number of hydrogen-bond donors (Lipinski definition) is 1. The monoisotopic (exact) mass is 281 g/mol. The van der Waals surface area contributed by atoms with E-state index in [-0.39, 0.29) is 10.6 Å². The van der Waals surface area contributed by atoms with Crippen LogP contribution < -0.4 is 4.74 Å². The Morgan fingerprint density at radius 3 is 2.61 bits per heavy atom. The maximum absolute atomic E-state index is 12.2. The molecule has 0 radical (unpaired) electrons. The first kappa shape index (κ1) is 14.1. The first-order valence-corrected chi connectivity index (χ1v) is 4.82. The Balaban J connectivity index is 3.36. The topological polar surface area (TPSA) is 89.7 Å². The number of nitro groups is 1. The molecule has 1 aromatic carbocycles. The first-order valence-electron chi connectivity index (χ1n) is 4.44. The van der Waals surface area contributed by atoms with Crippen LogP contribution in [0.3, 0.4) is 0 Å². The summed E-state index contributed by atoms with van der Waals surface area (Å²) in [5.74, 6) is -2.15. The molecule has 0 atom stereocenters. The molecule has 0 saturated carbocycles. The normalized spacial score (nSPS) is 10.4. The van der Waals surface area contributed by atoms with Gasteiger partial charge in [0.05, 0.1) is 11.3 Å². The van der Waals surface area contributed by atoms with Crippen LogP contribution in [0.1, 0.15) is 5.56 Å². The lowest BCUT2D eigenvalue weighted by molar-refractivity contribution is -0.386. The number of alkyl halides is 2. The van der Waals surface area contributed by atoms with E-state index >= 15 is 0 Å². The summed E-state index contributed by atoms with van der Waals surface area (Å²) in [4.78, 5) is 20.2. The lowest BCUT2D eigenvalue weighted by Gasteiger charge is -2.10. The van der Waals surface area contributed by atoms with Gasteiger partial charge in [0.15, 0.2) is 0 Å². The Morgan fingerprint density at radius 1 is 1.56 bits per heavy atom. The van der Waals surface area contributed by atoms with E-state index in [2.05, 4.69) is 4.74 Å². The van der Waals surface area contributed by atoms with E-state index in [0.717, 1.165) is 12.1 Å². The molecule has 0 spiro atoms. The Bertz CT molecular complexity index is 494. The van der Waals surface area contributed by atoms with Crippen LogP contribution in [0.5, 0.6) is 5.75 Å². The van der Waals surface area contributed by atoms with Gasteiger partial charge in [-0.2, -0.15) is 8.78 Å². The van der Waals surface area contributed by atoms with Crippen molar-refractivity contribution < 1.29 is 28.3 Å². The number of nitro benzene ring substituents is 1. The van der Waals surface area contributed by atoms with Gasteiger partial charge < -0.3 is 9.84 Å². The van der Waals surface area contributed by atoms with Crippen molar-refractivity contribution >= 4 is 23.3 Å². The van der Waals surface area contributed by atoms with Crippen LogP contribution in [-0.4, -0.2) is 22.6 Å². The third-order valence-corrected chi connectivity index (χ3v) is 2.07. The van der Waals surface area contributed by atoms with Gasteiger partial charge in [-0.15, -0.1) is 0 Å². The number of carboxylic acid groups (broad SMARTS) is 1. The number of ether oxygens (including phenoxy) is 1. The van der Waals surface area contributed by atoms with Crippen LogP contribution >= 0.6 is 11.6 Å². The van der Waals surface area contributed by atoms with E-state index in [0.29, 0.717) is 0 Å². The average Bonchev–Trinajstić information content (AvgIpc) is 2.19. The highest BCUT2D eigenvalue weighted by Crippen LogP contribution is 2.35. The van der Waals surface area contributed by atoms with Gasteiger partial charge in [0.2, 0.25) is 5.75 Å². The number of carboxylic acids is 1. The second-order valence-electron chi connectivity index (χ2n) is 3.12. The predicted octanol–water partition coefficient (Wildman–Crippen LogP) is 2.48. The Hall–Kier alpha value is -1.96. The van der Waals surface area contributed by atoms with Crippen LogP contribution in [0.4, 0.5) is 14.5 Å². The second-order valence-corrected chi connectivity index (χ2v) is 3.56. The summed E-state index contributed by atoms with van der Waals surface area (Å²) >= 11 is 5.55. The van der Waals surface area contributed by atoms with E-state index in [1.54, 1.807) is 0 Å². The van der Waals surface area contributed by atoms with E-state index < -0.39 is 35.4 Å². The van der Waals surface area contributed by atoms with Gasteiger partial charge in [-0.3, -0.25) is 14.9 Å². The van der Waals surface area contributed by atoms with Gasteiger partial charge in [0.25, 0.3) is 0 Å². The molecule has 1 aromatic rings. The van der Waals surface area contributed by atoms with Gasteiger partial charge >= 0.3 is 18.3 Å². The molecular weight excluding hydrogens is 276 g/mol. The highest BCUT2D eigenvalue weighted by molar-refractivity contribution is 6.31. The van der Waals surface area contributed by atoms with Crippen molar-refractivity contribution in [1.29, 1.82) is 0 Å². The van der Waals surface area contributed by atoms with Crippen LogP contribution in [0, 0.1) is 10.1 Å². The summed E-state index contributed by atoms with van der Waals surface area (Å²) in [6.45, 7) is -3.31. The Labute approximate surface area is 104 Å². The van der Waals surface area contributed by atoms with Crippen molar-refractivity contribution in [2.45, 2.75) is 13.0 Å². The summed E-state index contributed by atoms with van der Waals surface area (Å²) in [6.07, 6.45) is -0.719. The SMILES string of the molecule is O=C(O)Cc1cc(Cl)cc([N+](=O)[O-])c1OC(F)F. The van der Waals surface area contributed by atoms with Crippen molar-refractivity contribution in [2.75, 3.05) is 0 Å². The number of carbonyl (C=O) groups is 1. The van der Waals surface area contributed by atoms with E-state index in [1.165, 1.54) is 0 Å². The zero-order valence-corrected chi connectivity index (χ0v) is 9.36. The van der Waals surface area contributed by atoms with Gasteiger partial charge in [0.1, 0.15) is 0 Å². The molecule has 0 amide bonds. The standard InChI is InChI=1S/C9H6ClF2NO5/c10-5-1-4(2-7(14)15)8(18-9(11)12)6(3-5)13(16)17/h1,3,9H,2H2,(H,14,15). The molecule has 0 heterocycles. The Kier molecular flexibility index (Phi) is 4.38. The molecule has 0 aliphatic heterocycles. The summed E-state index contributed by atoms with van der Waals surface area (Å²) in [5.41, 5.74) is -1.10. The molecule has 0 bridgehead atoms. The number of halogens is 3. The number of hydrogen-bond acceptors (Lipinski definition) is 4. The van der Waals surface area contributed by atoms with E-state index in [9.17, 15) is 23.7 Å². The second kappa shape index (κ2) is 5.58. The molecular formula is C9H6ClF2NO5. The molecule has 6 nitrogen and oxygen atoms in total. The minimum atomic E-state index is -3.31. The zero-order valence-electron chi connectivity index (χ0n) is 8.60. The quantitative estimate of drug-likeness (QED) is 0.661. The maximum Gasteiger partial charge on any atom is 0.387 e. The average molecular weight is 282 g/mol. The fourth-order valence-corrected chi connectivity index (χ4v) is 1.52. The number of rotatable bonds is 5. The van der Waals surface area contributed by atoms with Crippen molar-refractivity contribution in [2.24, 2.45) is 0 Å². The molecule has 0 unspecified atom stereocenters. The van der Waals surface area contributed by atoms with Gasteiger partial charge in [-0.25, -0.2) is 0 Å². The molecule has 0 saturated heterocycles. The number of benzene rings is 1. The molecule has 9 heteroatoms. The molecule has 1 rings (SSSR count).